The lowest BCUT2D eigenvalue weighted by atomic mass is 10.0. The van der Waals surface area contributed by atoms with Crippen molar-refractivity contribution in [2.24, 2.45) is 13.0 Å². The predicted molar refractivity (Wildman–Crippen MR) is 201 cm³/mol. The standard InChI is InChI=1S/C37H31ClF6N8O6S/c1-50-31-24(6-5-21(38)28(31)34(48-50)49-59(4,55)56)52-35(46-22-11-18(57-2)12-25(58-3)29(22)36(52)54)23(9-15-7-16(39)10-17(40)8-15)45-26(53)14-51-32-27(30(47-51)33(41)42)19-13-20(19)37(32,43)44/h5-8,10-12,19-20,23,33H,9,13-14H2,1-4H3,(H,45,53)(H,48,49)/t19-,20+,23?/m0/s1. The third kappa shape index (κ3) is 6.88. The number of anilines is 1. The molecule has 22 heteroatoms. The first-order chi connectivity index (χ1) is 27.8. The second-order valence-corrected chi connectivity index (χ2v) is 16.4. The van der Waals surface area contributed by atoms with Gasteiger partial charge in [-0.1, -0.05) is 11.6 Å². The molecule has 0 saturated heterocycles. The zero-order chi connectivity index (χ0) is 42.5. The van der Waals surface area contributed by atoms with E-state index in [0.29, 0.717) is 10.7 Å². The number of hydrogen-bond acceptors (Lipinski definition) is 9. The van der Waals surface area contributed by atoms with Crippen LogP contribution in [-0.2, 0) is 40.8 Å². The van der Waals surface area contributed by atoms with E-state index in [-0.39, 0.29) is 73.2 Å². The number of alkyl halides is 4. The van der Waals surface area contributed by atoms with Crippen LogP contribution < -0.4 is 25.1 Å². The molecular weight excluding hydrogens is 834 g/mol. The highest BCUT2D eigenvalue weighted by Gasteiger charge is 2.67. The summed E-state index contributed by atoms with van der Waals surface area (Å²) in [5.41, 5.74) is -2.82. The number of carbonyl (C=O) groups is 1. The Hall–Kier alpha value is -5.83. The molecule has 3 atom stereocenters. The zero-order valence-corrected chi connectivity index (χ0v) is 32.7. The van der Waals surface area contributed by atoms with E-state index in [0.717, 1.165) is 23.0 Å². The number of amides is 1. The molecule has 1 amide bonds. The smallest absolute Gasteiger partial charge is 0.293 e. The maximum Gasteiger partial charge on any atom is 0.293 e. The quantitative estimate of drug-likeness (QED) is 0.140. The molecule has 8 rings (SSSR count). The molecule has 3 aromatic carbocycles. The first-order valence-electron chi connectivity index (χ1n) is 17.6. The van der Waals surface area contributed by atoms with Crippen LogP contribution >= 0.6 is 11.6 Å². The number of carbonyl (C=O) groups excluding carboxylic acids is 1. The van der Waals surface area contributed by atoms with Crippen molar-refractivity contribution in [3.05, 3.63) is 97.8 Å². The van der Waals surface area contributed by atoms with Gasteiger partial charge in [0.15, 0.2) is 5.82 Å². The number of hydrogen-bond donors (Lipinski definition) is 2. The van der Waals surface area contributed by atoms with Gasteiger partial charge in [-0.25, -0.2) is 31.0 Å². The third-order valence-corrected chi connectivity index (χ3v) is 11.2. The van der Waals surface area contributed by atoms with Gasteiger partial charge in [-0.2, -0.15) is 19.0 Å². The minimum Gasteiger partial charge on any atom is -0.497 e. The van der Waals surface area contributed by atoms with Gasteiger partial charge in [-0.3, -0.25) is 28.2 Å². The Morgan fingerprint density at radius 3 is 2.41 bits per heavy atom. The molecule has 0 aliphatic heterocycles. The van der Waals surface area contributed by atoms with Gasteiger partial charge in [0.25, 0.3) is 17.9 Å². The van der Waals surface area contributed by atoms with Gasteiger partial charge in [0.2, 0.25) is 15.9 Å². The van der Waals surface area contributed by atoms with Gasteiger partial charge >= 0.3 is 0 Å². The Bertz CT molecular complexity index is 2900. The van der Waals surface area contributed by atoms with Crippen molar-refractivity contribution in [3.8, 4) is 17.2 Å². The topological polar surface area (TPSA) is 164 Å². The maximum absolute atomic E-state index is 15.5. The molecule has 310 valence electrons. The summed E-state index contributed by atoms with van der Waals surface area (Å²) >= 11 is 6.60. The monoisotopic (exact) mass is 864 g/mol. The van der Waals surface area contributed by atoms with Gasteiger partial charge in [-0.05, 0) is 42.2 Å². The number of halogens is 7. The number of sulfonamides is 1. The predicted octanol–water partition coefficient (Wildman–Crippen LogP) is 6.04. The van der Waals surface area contributed by atoms with E-state index >= 15 is 8.78 Å². The van der Waals surface area contributed by atoms with E-state index in [2.05, 4.69) is 20.2 Å². The van der Waals surface area contributed by atoms with Gasteiger partial charge < -0.3 is 14.8 Å². The van der Waals surface area contributed by atoms with Crippen LogP contribution in [0.3, 0.4) is 0 Å². The summed E-state index contributed by atoms with van der Waals surface area (Å²) < 4.78 is 129. The largest absolute Gasteiger partial charge is 0.497 e. The number of benzene rings is 3. The Labute approximate surface area is 334 Å². The number of aromatic nitrogens is 6. The van der Waals surface area contributed by atoms with Crippen molar-refractivity contribution < 1.29 is 49.0 Å². The summed E-state index contributed by atoms with van der Waals surface area (Å²) in [4.78, 5) is 33.8. The number of rotatable bonds is 12. The average Bonchev–Trinajstić information content (AvgIpc) is 3.69. The van der Waals surface area contributed by atoms with E-state index in [4.69, 9.17) is 26.1 Å². The van der Waals surface area contributed by atoms with Crippen LogP contribution in [-0.4, -0.2) is 63.9 Å². The van der Waals surface area contributed by atoms with Gasteiger partial charge in [0.1, 0.15) is 52.3 Å². The molecule has 0 spiro atoms. The van der Waals surface area contributed by atoms with E-state index in [1.54, 1.807) is 0 Å². The fourth-order valence-electron chi connectivity index (χ4n) is 7.92. The molecule has 3 heterocycles. The van der Waals surface area contributed by atoms with Crippen LogP contribution in [0, 0.1) is 17.6 Å². The fourth-order valence-corrected chi connectivity index (χ4v) is 8.66. The van der Waals surface area contributed by atoms with E-state index in [1.165, 1.54) is 50.2 Å². The van der Waals surface area contributed by atoms with E-state index < -0.39 is 87.7 Å². The van der Waals surface area contributed by atoms with Crippen molar-refractivity contribution >= 4 is 55.2 Å². The number of ether oxygens (including phenoxy) is 2. The molecule has 59 heavy (non-hydrogen) atoms. The highest BCUT2D eigenvalue weighted by molar-refractivity contribution is 7.92. The summed E-state index contributed by atoms with van der Waals surface area (Å²) in [6, 6.07) is 6.52. The second-order valence-electron chi connectivity index (χ2n) is 14.3. The molecule has 14 nitrogen and oxygen atoms in total. The molecule has 0 radical (unpaired) electrons. The zero-order valence-electron chi connectivity index (χ0n) is 31.2. The Morgan fingerprint density at radius 1 is 1.05 bits per heavy atom. The normalized spacial score (nSPS) is 17.3. The van der Waals surface area contributed by atoms with Crippen molar-refractivity contribution in [3.63, 3.8) is 0 Å². The van der Waals surface area contributed by atoms with Gasteiger partial charge in [0.05, 0.1) is 53.6 Å². The lowest BCUT2D eigenvalue weighted by Crippen LogP contribution is -2.38. The fraction of sp³-hybridized carbons (Fsp3) is 0.324. The van der Waals surface area contributed by atoms with Crippen LogP contribution in [0.15, 0.2) is 47.3 Å². The van der Waals surface area contributed by atoms with E-state index in [1.807, 2.05) is 0 Å². The number of aryl methyl sites for hydroxylation is 1. The molecular formula is C37H31ClF6N8O6S. The molecule has 3 aromatic heterocycles. The van der Waals surface area contributed by atoms with Crippen molar-refractivity contribution in [2.45, 2.75) is 43.7 Å². The Balaban J connectivity index is 1.36. The molecule has 1 saturated carbocycles. The minimum absolute atomic E-state index is 0.000862. The van der Waals surface area contributed by atoms with Crippen LogP contribution in [0.4, 0.5) is 32.2 Å². The molecule has 1 unspecified atom stereocenters. The highest BCUT2D eigenvalue weighted by atomic mass is 35.5. The second kappa shape index (κ2) is 14.2. The van der Waals surface area contributed by atoms with E-state index in [9.17, 15) is 35.6 Å². The molecule has 1 fully saturated rings. The molecule has 0 bridgehead atoms. The lowest BCUT2D eigenvalue weighted by molar-refractivity contribution is -0.123. The first kappa shape index (κ1) is 40.0. The molecule has 2 aliphatic rings. The molecule has 2 N–H and O–H groups in total. The number of methoxy groups -OCH3 is 2. The summed E-state index contributed by atoms with van der Waals surface area (Å²) in [7, 11) is 0.151. The SMILES string of the molecule is COc1cc(OC)c2c(=O)n(-c3ccc(Cl)c4c(NS(C)(=O)=O)nn(C)c34)c(C(Cc3cc(F)cc(F)c3)NC(=O)Cn3nc(C(F)F)c4c3C(F)(F)[C@@H]3C[C@H]43)nc2c1. The molecule has 2 aliphatic carbocycles. The summed E-state index contributed by atoms with van der Waals surface area (Å²) in [5.74, 6) is -8.96. The van der Waals surface area contributed by atoms with Crippen LogP contribution in [0.1, 0.15) is 53.1 Å². The highest BCUT2D eigenvalue weighted by Crippen LogP contribution is 2.68. The van der Waals surface area contributed by atoms with Crippen LogP contribution in [0.25, 0.3) is 27.5 Å². The van der Waals surface area contributed by atoms with Gasteiger partial charge in [-0.15, -0.1) is 0 Å². The van der Waals surface area contributed by atoms with Crippen LogP contribution in [0.2, 0.25) is 5.02 Å². The van der Waals surface area contributed by atoms with Crippen molar-refractivity contribution in [1.82, 2.24) is 34.4 Å². The summed E-state index contributed by atoms with van der Waals surface area (Å²) in [6.45, 7) is -0.995. The van der Waals surface area contributed by atoms with Gasteiger partial charge in [0, 0.05) is 43.1 Å². The number of nitrogens with one attached hydrogen (secondary N) is 2. The van der Waals surface area contributed by atoms with Crippen molar-refractivity contribution in [2.75, 3.05) is 25.2 Å². The average molecular weight is 865 g/mol. The Kier molecular flexibility index (Phi) is 9.60. The molecule has 6 aromatic rings. The summed E-state index contributed by atoms with van der Waals surface area (Å²) in [6.07, 6.45) is -2.81. The Morgan fingerprint density at radius 2 is 1.76 bits per heavy atom. The lowest BCUT2D eigenvalue weighted by Gasteiger charge is -2.24. The van der Waals surface area contributed by atoms with Crippen LogP contribution in [0.5, 0.6) is 11.5 Å². The number of fused-ring (bicyclic) bond motifs is 5. The minimum atomic E-state index is -3.92. The number of nitrogens with zero attached hydrogens (tertiary/aromatic N) is 6. The maximum atomic E-state index is 15.5. The van der Waals surface area contributed by atoms with Crippen molar-refractivity contribution in [1.29, 1.82) is 0 Å². The summed E-state index contributed by atoms with van der Waals surface area (Å²) in [5, 5.41) is 10.6. The first-order valence-corrected chi connectivity index (χ1v) is 19.9. The third-order valence-electron chi connectivity index (χ3n) is 10.3.